The molecule has 1 fully saturated rings. The molecule has 0 amide bonds. The Labute approximate surface area is 164 Å². The molecule has 0 radical (unpaired) electrons. The fourth-order valence-corrected chi connectivity index (χ4v) is 3.72. The number of carbonyl (C=O) groups is 2. The smallest absolute Gasteiger partial charge is 0.312 e. The second-order valence-corrected chi connectivity index (χ2v) is 6.95. The average Bonchev–Trinajstić information content (AvgIpc) is 3.20. The number of rotatable bonds is 6. The van der Waals surface area contributed by atoms with Crippen LogP contribution in [0.2, 0.25) is 0 Å². The Balaban J connectivity index is 0.000000878. The first-order valence-electron chi connectivity index (χ1n) is 9.25. The number of aromatic nitrogens is 2. The molecule has 8 nitrogen and oxygen atoms in total. The summed E-state index contributed by atoms with van der Waals surface area (Å²) in [5.74, 6) is -0.869. The third-order valence-electron chi connectivity index (χ3n) is 5.21. The maximum atomic E-state index is 11.7. The van der Waals surface area contributed by atoms with Crippen LogP contribution in [0, 0.1) is 5.41 Å². The zero-order chi connectivity index (χ0) is 20.6. The zero-order valence-electron chi connectivity index (χ0n) is 15.9. The lowest BCUT2D eigenvalue weighted by molar-refractivity contribution is -0.164. The number of carboxylic acids is 1. The van der Waals surface area contributed by atoms with Gasteiger partial charge in [-0.3, -0.25) is 14.5 Å². The molecule has 0 saturated carbocycles. The van der Waals surface area contributed by atoms with Gasteiger partial charge in [0, 0.05) is 31.2 Å². The average molecular weight is 389 g/mol. The summed E-state index contributed by atoms with van der Waals surface area (Å²) in [6.07, 6.45) is 6.35. The molecule has 3 rings (SSSR count). The SMILES string of the molecule is CCC[C@]1(C(=O)O)CCN(Cc2ccc(-n3ccnc3)cc2)C[C@H]1O.O=CO. The number of likely N-dealkylation sites (tertiary alicyclic amines) is 1. The summed E-state index contributed by atoms with van der Waals surface area (Å²) in [6.45, 7) is 3.51. The van der Waals surface area contributed by atoms with Crippen LogP contribution in [0.4, 0.5) is 0 Å². The van der Waals surface area contributed by atoms with E-state index in [1.54, 1.807) is 12.5 Å². The second-order valence-electron chi connectivity index (χ2n) is 6.95. The van der Waals surface area contributed by atoms with Crippen LogP contribution < -0.4 is 0 Å². The fourth-order valence-electron chi connectivity index (χ4n) is 3.72. The van der Waals surface area contributed by atoms with Crippen molar-refractivity contribution in [2.75, 3.05) is 13.1 Å². The van der Waals surface area contributed by atoms with Gasteiger partial charge in [0.2, 0.25) is 0 Å². The highest BCUT2D eigenvalue weighted by Gasteiger charge is 2.47. The largest absolute Gasteiger partial charge is 0.483 e. The number of aliphatic carboxylic acids is 1. The maximum Gasteiger partial charge on any atom is 0.312 e. The molecule has 1 aliphatic rings. The summed E-state index contributed by atoms with van der Waals surface area (Å²) in [5.41, 5.74) is 1.21. The molecule has 1 aromatic carbocycles. The minimum Gasteiger partial charge on any atom is -0.483 e. The Morgan fingerprint density at radius 1 is 1.36 bits per heavy atom. The van der Waals surface area contributed by atoms with Crippen molar-refractivity contribution in [1.29, 1.82) is 0 Å². The van der Waals surface area contributed by atoms with Crippen molar-refractivity contribution in [3.8, 4) is 5.69 Å². The Bertz CT molecular complexity index is 748. The molecule has 8 heteroatoms. The quantitative estimate of drug-likeness (QED) is 0.647. The van der Waals surface area contributed by atoms with Crippen LogP contribution in [0.15, 0.2) is 43.0 Å². The summed E-state index contributed by atoms with van der Waals surface area (Å²) >= 11 is 0. The Morgan fingerprint density at radius 3 is 2.54 bits per heavy atom. The number of nitrogens with zero attached hydrogens (tertiary/aromatic N) is 3. The van der Waals surface area contributed by atoms with Crippen molar-refractivity contribution >= 4 is 12.4 Å². The van der Waals surface area contributed by atoms with Crippen molar-refractivity contribution in [2.24, 2.45) is 5.41 Å². The lowest BCUT2D eigenvalue weighted by Gasteiger charge is -2.42. The lowest BCUT2D eigenvalue weighted by atomic mass is 9.73. The molecule has 0 spiro atoms. The second kappa shape index (κ2) is 10.0. The third-order valence-corrected chi connectivity index (χ3v) is 5.21. The Hall–Kier alpha value is -2.71. The number of piperidine rings is 1. The molecule has 1 saturated heterocycles. The van der Waals surface area contributed by atoms with Crippen LogP contribution in [0.5, 0.6) is 0 Å². The van der Waals surface area contributed by atoms with Crippen molar-refractivity contribution in [2.45, 2.75) is 38.8 Å². The number of aliphatic hydroxyl groups excluding tert-OH is 1. The normalized spacial score (nSPS) is 22.1. The van der Waals surface area contributed by atoms with E-state index in [0.717, 1.165) is 17.7 Å². The molecule has 1 aliphatic heterocycles. The number of hydrogen-bond donors (Lipinski definition) is 3. The summed E-state index contributed by atoms with van der Waals surface area (Å²) in [5, 5.41) is 27.0. The predicted molar refractivity (Wildman–Crippen MR) is 103 cm³/mol. The standard InChI is InChI=1S/C19H25N3O3.CH2O2/c1-2-7-19(18(24)25)8-10-21(13-17(19)23)12-15-3-5-16(6-4-15)22-11-9-20-14-22;2-1-3/h3-6,9,11,14,17,23H,2,7-8,10,12-13H2,1H3,(H,24,25);1H,(H,2,3)/t17-,19+;/m1./s1. The van der Waals surface area contributed by atoms with Gasteiger partial charge in [0.05, 0.1) is 17.8 Å². The van der Waals surface area contributed by atoms with E-state index in [2.05, 4.69) is 22.0 Å². The topological polar surface area (TPSA) is 116 Å². The molecule has 2 aromatic rings. The molecule has 0 unspecified atom stereocenters. The molecule has 0 bridgehead atoms. The summed E-state index contributed by atoms with van der Waals surface area (Å²) in [7, 11) is 0. The van der Waals surface area contributed by atoms with E-state index in [1.807, 2.05) is 29.8 Å². The van der Waals surface area contributed by atoms with Gasteiger partial charge < -0.3 is 19.9 Å². The highest BCUT2D eigenvalue weighted by atomic mass is 16.4. The van der Waals surface area contributed by atoms with Gasteiger partial charge in [-0.05, 0) is 37.1 Å². The van der Waals surface area contributed by atoms with E-state index in [9.17, 15) is 15.0 Å². The van der Waals surface area contributed by atoms with Gasteiger partial charge in [-0.25, -0.2) is 4.98 Å². The molecule has 2 atom stereocenters. The van der Waals surface area contributed by atoms with E-state index >= 15 is 0 Å². The van der Waals surface area contributed by atoms with Crippen molar-refractivity contribution in [1.82, 2.24) is 14.5 Å². The van der Waals surface area contributed by atoms with E-state index in [4.69, 9.17) is 9.90 Å². The van der Waals surface area contributed by atoms with Crippen LogP contribution in [0.25, 0.3) is 5.69 Å². The molecular weight excluding hydrogens is 362 g/mol. The molecule has 1 aromatic heterocycles. The van der Waals surface area contributed by atoms with Gasteiger partial charge in [0.25, 0.3) is 6.47 Å². The van der Waals surface area contributed by atoms with Crippen LogP contribution >= 0.6 is 0 Å². The maximum absolute atomic E-state index is 11.7. The molecular formula is C20H27N3O5. The molecule has 2 heterocycles. The first-order valence-corrected chi connectivity index (χ1v) is 9.25. The van der Waals surface area contributed by atoms with E-state index in [0.29, 0.717) is 32.5 Å². The van der Waals surface area contributed by atoms with Gasteiger partial charge in [-0.1, -0.05) is 25.5 Å². The minimum atomic E-state index is -0.990. The van der Waals surface area contributed by atoms with Crippen LogP contribution in [-0.4, -0.2) is 61.4 Å². The molecule has 152 valence electrons. The van der Waals surface area contributed by atoms with Crippen molar-refractivity contribution < 1.29 is 24.9 Å². The van der Waals surface area contributed by atoms with Crippen molar-refractivity contribution in [3.63, 3.8) is 0 Å². The summed E-state index contributed by atoms with van der Waals surface area (Å²) in [6, 6.07) is 8.20. The number of carboxylic acid groups (broad SMARTS) is 2. The molecule has 0 aliphatic carbocycles. The predicted octanol–water partition coefficient (Wildman–Crippen LogP) is 2.01. The molecule has 28 heavy (non-hydrogen) atoms. The highest BCUT2D eigenvalue weighted by Crippen LogP contribution is 2.37. The number of imidazole rings is 1. The van der Waals surface area contributed by atoms with Gasteiger partial charge in [0.15, 0.2) is 0 Å². The number of β-amino-alcohol motifs (C(OH)–C–C–N with tert-alkyl or cyclic N) is 1. The number of benzene rings is 1. The zero-order valence-corrected chi connectivity index (χ0v) is 15.9. The fraction of sp³-hybridized carbons (Fsp3) is 0.450. The van der Waals surface area contributed by atoms with E-state index < -0.39 is 17.5 Å². The minimum absolute atomic E-state index is 0.250. The van der Waals surface area contributed by atoms with E-state index in [1.165, 1.54) is 0 Å². The Kier molecular flexibility index (Phi) is 7.71. The van der Waals surface area contributed by atoms with Crippen molar-refractivity contribution in [3.05, 3.63) is 48.5 Å². The van der Waals surface area contributed by atoms with E-state index in [-0.39, 0.29) is 6.47 Å². The lowest BCUT2D eigenvalue weighted by Crippen LogP contribution is -2.54. The number of hydrogen-bond acceptors (Lipinski definition) is 5. The first-order chi connectivity index (χ1) is 13.5. The summed E-state index contributed by atoms with van der Waals surface area (Å²) in [4.78, 5) is 26.2. The van der Waals surface area contributed by atoms with Crippen LogP contribution in [-0.2, 0) is 16.1 Å². The number of aliphatic hydroxyl groups is 1. The highest BCUT2D eigenvalue weighted by molar-refractivity contribution is 5.75. The molecule has 3 N–H and O–H groups in total. The first kappa shape index (κ1) is 21.6. The monoisotopic (exact) mass is 389 g/mol. The van der Waals surface area contributed by atoms with Gasteiger partial charge in [0.1, 0.15) is 0 Å². The summed E-state index contributed by atoms with van der Waals surface area (Å²) < 4.78 is 1.94. The van der Waals surface area contributed by atoms with Gasteiger partial charge >= 0.3 is 5.97 Å². The van der Waals surface area contributed by atoms with Crippen LogP contribution in [0.3, 0.4) is 0 Å². The van der Waals surface area contributed by atoms with Gasteiger partial charge in [-0.15, -0.1) is 0 Å². The third kappa shape index (κ3) is 4.96. The Morgan fingerprint density at radius 2 is 2.04 bits per heavy atom. The van der Waals surface area contributed by atoms with Gasteiger partial charge in [-0.2, -0.15) is 0 Å². The van der Waals surface area contributed by atoms with Crippen LogP contribution in [0.1, 0.15) is 31.7 Å².